The summed E-state index contributed by atoms with van der Waals surface area (Å²) in [6.07, 6.45) is 12.5. The second-order valence-corrected chi connectivity index (χ2v) is 7.86. The first-order valence-corrected chi connectivity index (χ1v) is 11.5. The topological polar surface area (TPSA) is 89.9 Å². The second-order valence-electron chi connectivity index (χ2n) is 7.86. The average molecular weight is 415 g/mol. The van der Waals surface area contributed by atoms with Crippen LogP contribution < -0.4 is 0 Å². The predicted molar refractivity (Wildman–Crippen MR) is 114 cm³/mol. The molecule has 170 valence electrons. The fourth-order valence-electron chi connectivity index (χ4n) is 3.17. The van der Waals surface area contributed by atoms with Crippen molar-refractivity contribution in [3.63, 3.8) is 0 Å². The van der Waals surface area contributed by atoms with E-state index in [2.05, 4.69) is 13.8 Å². The zero-order valence-electron chi connectivity index (χ0n) is 18.7. The third kappa shape index (κ3) is 15.0. The van der Waals surface area contributed by atoms with Crippen molar-refractivity contribution in [1.29, 1.82) is 0 Å². The van der Waals surface area contributed by atoms with Gasteiger partial charge >= 0.3 is 17.9 Å². The molecule has 0 aromatic carbocycles. The Balaban J connectivity index is 4.27. The Labute approximate surface area is 176 Å². The number of carboxylic acid groups (broad SMARTS) is 1. The van der Waals surface area contributed by atoms with E-state index < -0.39 is 36.2 Å². The number of hydrogen-bond donors (Lipinski definition) is 1. The normalized spacial score (nSPS) is 12.9. The molecule has 0 saturated carbocycles. The molecule has 0 fully saturated rings. The first-order chi connectivity index (χ1) is 13.9. The number of ether oxygens (including phenoxy) is 2. The van der Waals surface area contributed by atoms with Crippen LogP contribution in [0.5, 0.6) is 0 Å². The summed E-state index contributed by atoms with van der Waals surface area (Å²) in [6, 6.07) is 0. The molecule has 0 aliphatic carbocycles. The van der Waals surface area contributed by atoms with Crippen LogP contribution in [0.2, 0.25) is 0 Å². The Kier molecular flexibility index (Phi) is 17.4. The number of hydrogen-bond acceptors (Lipinski definition) is 5. The highest BCUT2D eigenvalue weighted by Gasteiger charge is 2.34. The molecule has 0 saturated heterocycles. The molecule has 0 aliphatic rings. The quantitative estimate of drug-likeness (QED) is 0.221. The minimum Gasteiger partial charge on any atom is -0.481 e. The van der Waals surface area contributed by atoms with Gasteiger partial charge in [-0.2, -0.15) is 0 Å². The Morgan fingerprint density at radius 1 is 0.690 bits per heavy atom. The Morgan fingerprint density at radius 3 is 1.55 bits per heavy atom. The molecule has 0 spiro atoms. The number of unbranched alkanes of at least 4 members (excludes halogenated alkanes) is 10. The fourth-order valence-corrected chi connectivity index (χ4v) is 3.17. The van der Waals surface area contributed by atoms with Crippen molar-refractivity contribution in [1.82, 2.24) is 0 Å². The lowest BCUT2D eigenvalue weighted by Gasteiger charge is -2.20. The lowest BCUT2D eigenvalue weighted by atomic mass is 9.91. The highest BCUT2D eigenvalue weighted by atomic mass is 16.5. The molecule has 6 heteroatoms. The van der Waals surface area contributed by atoms with Gasteiger partial charge in [0.25, 0.3) is 0 Å². The molecule has 0 aromatic heterocycles. The number of aliphatic carboxylic acids is 1. The Bertz CT molecular complexity index is 449. The van der Waals surface area contributed by atoms with Gasteiger partial charge in [0.05, 0.1) is 31.5 Å². The van der Waals surface area contributed by atoms with Gasteiger partial charge in [0.15, 0.2) is 0 Å². The van der Waals surface area contributed by atoms with Gasteiger partial charge in [-0.15, -0.1) is 0 Å². The minimum atomic E-state index is -1.12. The molecule has 0 heterocycles. The van der Waals surface area contributed by atoms with Crippen LogP contribution in [0.15, 0.2) is 0 Å². The summed E-state index contributed by atoms with van der Waals surface area (Å²) in [6.45, 7) is 6.44. The molecule has 2 atom stereocenters. The molecular weight excluding hydrogens is 372 g/mol. The van der Waals surface area contributed by atoms with Crippen molar-refractivity contribution >= 4 is 17.9 Å². The highest BCUT2D eigenvalue weighted by Crippen LogP contribution is 2.20. The monoisotopic (exact) mass is 414 g/mol. The maximum absolute atomic E-state index is 12.3. The summed E-state index contributed by atoms with van der Waals surface area (Å²) in [5.41, 5.74) is 0. The van der Waals surface area contributed by atoms with E-state index >= 15 is 0 Å². The Morgan fingerprint density at radius 2 is 1.10 bits per heavy atom. The van der Waals surface area contributed by atoms with Crippen molar-refractivity contribution < 1.29 is 29.0 Å². The van der Waals surface area contributed by atoms with Crippen molar-refractivity contribution in [2.24, 2.45) is 11.8 Å². The zero-order chi connectivity index (χ0) is 21.9. The number of esters is 2. The summed E-state index contributed by atoms with van der Waals surface area (Å²) < 4.78 is 10.5. The second kappa shape index (κ2) is 18.4. The van der Waals surface area contributed by atoms with Crippen molar-refractivity contribution in [3.05, 3.63) is 0 Å². The standard InChI is InChI=1S/C23H42O6/c1-4-6-8-10-12-14-16-28-22(26)19(3)20(18-21(24)25)23(27)29-17-15-13-11-9-7-5-2/h19-20H,4-18H2,1-3H3,(H,24,25). The van der Waals surface area contributed by atoms with Gasteiger partial charge in [-0.3, -0.25) is 14.4 Å². The molecule has 0 amide bonds. The Hall–Kier alpha value is -1.59. The van der Waals surface area contributed by atoms with Gasteiger partial charge in [0, 0.05) is 0 Å². The maximum atomic E-state index is 12.3. The van der Waals surface area contributed by atoms with Crippen LogP contribution in [0.25, 0.3) is 0 Å². The van der Waals surface area contributed by atoms with E-state index in [1.807, 2.05) is 0 Å². The van der Waals surface area contributed by atoms with Crippen LogP contribution >= 0.6 is 0 Å². The molecule has 6 nitrogen and oxygen atoms in total. The van der Waals surface area contributed by atoms with E-state index in [1.54, 1.807) is 6.92 Å². The number of rotatable bonds is 19. The van der Waals surface area contributed by atoms with Crippen LogP contribution in [0.4, 0.5) is 0 Å². The molecule has 0 aromatic rings. The molecule has 0 radical (unpaired) electrons. The summed E-state index contributed by atoms with van der Waals surface area (Å²) >= 11 is 0. The van der Waals surface area contributed by atoms with E-state index in [0.717, 1.165) is 38.5 Å². The molecule has 0 rings (SSSR count). The molecule has 0 aliphatic heterocycles. The van der Waals surface area contributed by atoms with Crippen LogP contribution in [0.1, 0.15) is 104 Å². The SMILES string of the molecule is CCCCCCCCOC(=O)C(C)C(CC(=O)O)C(=O)OCCCCCCCC. The maximum Gasteiger partial charge on any atom is 0.310 e. The molecule has 1 N–H and O–H groups in total. The van der Waals surface area contributed by atoms with Crippen LogP contribution in [0, 0.1) is 11.8 Å². The third-order valence-corrected chi connectivity index (χ3v) is 5.16. The van der Waals surface area contributed by atoms with Crippen molar-refractivity contribution in [2.75, 3.05) is 13.2 Å². The average Bonchev–Trinajstić information content (AvgIpc) is 2.69. The van der Waals surface area contributed by atoms with E-state index in [4.69, 9.17) is 14.6 Å². The zero-order valence-corrected chi connectivity index (χ0v) is 18.7. The van der Waals surface area contributed by atoms with Crippen LogP contribution in [0.3, 0.4) is 0 Å². The molecule has 0 bridgehead atoms. The lowest BCUT2D eigenvalue weighted by molar-refractivity contribution is -0.162. The largest absolute Gasteiger partial charge is 0.481 e. The van der Waals surface area contributed by atoms with Gasteiger partial charge < -0.3 is 14.6 Å². The van der Waals surface area contributed by atoms with Gasteiger partial charge in [0.2, 0.25) is 0 Å². The summed E-state index contributed by atoms with van der Waals surface area (Å²) in [7, 11) is 0. The van der Waals surface area contributed by atoms with Crippen LogP contribution in [-0.4, -0.2) is 36.2 Å². The smallest absolute Gasteiger partial charge is 0.310 e. The molecule has 2 unspecified atom stereocenters. The first kappa shape index (κ1) is 27.4. The third-order valence-electron chi connectivity index (χ3n) is 5.16. The molecular formula is C23H42O6. The van der Waals surface area contributed by atoms with Gasteiger partial charge in [-0.25, -0.2) is 0 Å². The van der Waals surface area contributed by atoms with E-state index in [0.29, 0.717) is 6.61 Å². The van der Waals surface area contributed by atoms with E-state index in [-0.39, 0.29) is 6.61 Å². The van der Waals surface area contributed by atoms with Gasteiger partial charge in [0.1, 0.15) is 0 Å². The first-order valence-electron chi connectivity index (χ1n) is 11.5. The predicted octanol–water partition coefficient (Wildman–Crippen LogP) is 5.52. The van der Waals surface area contributed by atoms with E-state index in [9.17, 15) is 14.4 Å². The number of carbonyl (C=O) groups is 3. The van der Waals surface area contributed by atoms with E-state index in [1.165, 1.54) is 38.5 Å². The molecule has 29 heavy (non-hydrogen) atoms. The van der Waals surface area contributed by atoms with Crippen LogP contribution in [-0.2, 0) is 23.9 Å². The highest BCUT2D eigenvalue weighted by molar-refractivity contribution is 5.85. The lowest BCUT2D eigenvalue weighted by Crippen LogP contribution is -2.32. The summed E-state index contributed by atoms with van der Waals surface area (Å²) in [5, 5.41) is 9.11. The van der Waals surface area contributed by atoms with Crippen molar-refractivity contribution in [2.45, 2.75) is 104 Å². The number of carboxylic acids is 1. The van der Waals surface area contributed by atoms with Gasteiger partial charge in [-0.1, -0.05) is 85.0 Å². The summed E-state index contributed by atoms with van der Waals surface area (Å²) in [5.74, 6) is -4.11. The summed E-state index contributed by atoms with van der Waals surface area (Å²) in [4.78, 5) is 35.7. The van der Waals surface area contributed by atoms with Crippen molar-refractivity contribution in [3.8, 4) is 0 Å². The number of carbonyl (C=O) groups excluding carboxylic acids is 2. The minimum absolute atomic E-state index is 0.264. The van der Waals surface area contributed by atoms with Gasteiger partial charge in [-0.05, 0) is 12.8 Å². The fraction of sp³-hybridized carbons (Fsp3) is 0.870.